The fraction of sp³-hybridized carbons (Fsp3) is 0.852. The van der Waals surface area contributed by atoms with Crippen LogP contribution in [0.25, 0.3) is 0 Å². The average molecular weight is 911 g/mol. The van der Waals surface area contributed by atoms with Gasteiger partial charge in [0.05, 0.1) is 18.8 Å². The molecule has 3 N–H and O–H groups in total. The number of amides is 1. The molecular weight excluding hydrogens is 795 g/mol. The first-order valence-corrected chi connectivity index (χ1v) is 29.3. The summed E-state index contributed by atoms with van der Waals surface area (Å²) < 4.78 is 0. The summed E-state index contributed by atoms with van der Waals surface area (Å²) in [7, 11) is 0. The van der Waals surface area contributed by atoms with Crippen molar-refractivity contribution in [2.75, 3.05) is 6.61 Å². The first kappa shape index (κ1) is 63.4. The van der Waals surface area contributed by atoms with Gasteiger partial charge in [0.1, 0.15) is 0 Å². The topological polar surface area (TPSA) is 69.6 Å². The molecule has 382 valence electrons. The highest BCUT2D eigenvalue weighted by Gasteiger charge is 2.20. The Labute approximate surface area is 407 Å². The molecule has 0 spiro atoms. The molecule has 0 aromatic heterocycles. The van der Waals surface area contributed by atoms with Crippen LogP contribution in [-0.2, 0) is 4.79 Å². The molecule has 0 aliphatic carbocycles. The predicted molar refractivity (Wildman–Crippen MR) is 290 cm³/mol. The summed E-state index contributed by atoms with van der Waals surface area (Å²) in [6, 6.07) is -0.533. The number of hydrogen-bond donors (Lipinski definition) is 3. The minimum atomic E-state index is -0.656. The summed E-state index contributed by atoms with van der Waals surface area (Å²) in [6.45, 7) is 4.26. The maximum atomic E-state index is 12.5. The molecule has 0 saturated carbocycles. The molecule has 0 aliphatic rings. The Bertz CT molecular complexity index is 1030. The molecule has 65 heavy (non-hydrogen) atoms. The highest BCUT2D eigenvalue weighted by Crippen LogP contribution is 2.18. The van der Waals surface area contributed by atoms with Gasteiger partial charge in [-0.15, -0.1) is 0 Å². The Hall–Kier alpha value is -1.65. The van der Waals surface area contributed by atoms with Crippen molar-refractivity contribution in [1.82, 2.24) is 5.32 Å². The standard InChI is InChI=1S/C61H115NO3/c1-3-5-7-9-11-13-15-17-18-19-20-21-22-23-24-25-26-27-28-29-30-31-32-33-34-35-36-37-38-39-40-41-42-43-44-45-47-49-51-53-55-57-61(65)62-59(58-63)60(64)56-54-52-50-48-46-16-14-12-10-8-6-4-2/h5,7,11,13,17-18,20-21,59-60,63-64H,3-4,6,8-10,12,14-16,19,22-58H2,1-2H3,(H,62,65)/b7-5-,13-11-,18-17-,21-20-. The summed E-state index contributed by atoms with van der Waals surface area (Å²) in [5, 5.41) is 23.2. The number of unbranched alkanes of at least 4 members (excludes halogenated alkanes) is 39. The minimum Gasteiger partial charge on any atom is -0.394 e. The second-order valence-corrected chi connectivity index (χ2v) is 20.0. The molecule has 2 unspecified atom stereocenters. The molecule has 4 heteroatoms. The normalized spacial score (nSPS) is 13.1. The van der Waals surface area contributed by atoms with Crippen LogP contribution in [0.5, 0.6) is 0 Å². The quantitative estimate of drug-likeness (QED) is 0.0421. The highest BCUT2D eigenvalue weighted by molar-refractivity contribution is 5.76. The van der Waals surface area contributed by atoms with Crippen molar-refractivity contribution in [3.05, 3.63) is 48.6 Å². The van der Waals surface area contributed by atoms with E-state index in [1.54, 1.807) is 0 Å². The second-order valence-electron chi connectivity index (χ2n) is 20.0. The van der Waals surface area contributed by atoms with Gasteiger partial charge in [0.15, 0.2) is 0 Å². The molecule has 0 radical (unpaired) electrons. The van der Waals surface area contributed by atoms with E-state index in [1.165, 1.54) is 238 Å². The van der Waals surface area contributed by atoms with Crippen molar-refractivity contribution in [2.45, 2.75) is 328 Å². The van der Waals surface area contributed by atoms with E-state index in [-0.39, 0.29) is 12.5 Å². The highest BCUT2D eigenvalue weighted by atomic mass is 16.3. The summed E-state index contributed by atoms with van der Waals surface area (Å²) in [5.41, 5.74) is 0. The molecule has 0 bridgehead atoms. The lowest BCUT2D eigenvalue weighted by Crippen LogP contribution is -2.45. The van der Waals surface area contributed by atoms with E-state index in [0.29, 0.717) is 12.8 Å². The summed E-state index contributed by atoms with van der Waals surface area (Å²) in [4.78, 5) is 12.5. The van der Waals surface area contributed by atoms with Crippen molar-refractivity contribution in [1.29, 1.82) is 0 Å². The molecule has 1 amide bonds. The van der Waals surface area contributed by atoms with Crippen molar-refractivity contribution in [2.24, 2.45) is 0 Å². The van der Waals surface area contributed by atoms with E-state index in [4.69, 9.17) is 0 Å². The number of nitrogens with one attached hydrogen (secondary N) is 1. The number of carbonyl (C=O) groups excluding carboxylic acids is 1. The molecule has 0 fully saturated rings. The maximum absolute atomic E-state index is 12.5. The smallest absolute Gasteiger partial charge is 0.220 e. The van der Waals surface area contributed by atoms with Crippen LogP contribution in [0, 0.1) is 0 Å². The van der Waals surface area contributed by atoms with Crippen LogP contribution in [0.3, 0.4) is 0 Å². The zero-order valence-corrected chi connectivity index (χ0v) is 44.0. The molecule has 2 atom stereocenters. The van der Waals surface area contributed by atoms with Crippen LogP contribution in [0.2, 0.25) is 0 Å². The number of aliphatic hydroxyl groups is 2. The number of allylic oxidation sites excluding steroid dienone is 8. The third-order valence-electron chi connectivity index (χ3n) is 13.6. The van der Waals surface area contributed by atoms with Crippen molar-refractivity contribution in [3.8, 4) is 0 Å². The number of hydrogen-bond acceptors (Lipinski definition) is 3. The van der Waals surface area contributed by atoms with Gasteiger partial charge in [0, 0.05) is 6.42 Å². The van der Waals surface area contributed by atoms with E-state index in [0.717, 1.165) is 51.4 Å². The van der Waals surface area contributed by atoms with Gasteiger partial charge in [-0.05, 0) is 51.4 Å². The van der Waals surface area contributed by atoms with Gasteiger partial charge in [-0.3, -0.25) is 4.79 Å². The lowest BCUT2D eigenvalue weighted by molar-refractivity contribution is -0.123. The van der Waals surface area contributed by atoms with Gasteiger partial charge in [-0.2, -0.15) is 0 Å². The Kier molecular flexibility index (Phi) is 55.2. The molecule has 0 heterocycles. The van der Waals surface area contributed by atoms with Crippen LogP contribution in [0.1, 0.15) is 316 Å². The third-order valence-corrected chi connectivity index (χ3v) is 13.6. The average Bonchev–Trinajstić information content (AvgIpc) is 3.31. The molecule has 0 aromatic carbocycles. The number of aliphatic hydroxyl groups excluding tert-OH is 2. The predicted octanol–water partition coefficient (Wildman–Crippen LogP) is 19.4. The monoisotopic (exact) mass is 910 g/mol. The fourth-order valence-corrected chi connectivity index (χ4v) is 9.18. The number of rotatable bonds is 54. The molecule has 0 aliphatic heterocycles. The van der Waals surface area contributed by atoms with E-state index >= 15 is 0 Å². The molecule has 4 nitrogen and oxygen atoms in total. The zero-order chi connectivity index (χ0) is 47.0. The third kappa shape index (κ3) is 53.2. The van der Waals surface area contributed by atoms with Gasteiger partial charge in [0.25, 0.3) is 0 Å². The molecule has 0 aromatic rings. The van der Waals surface area contributed by atoms with Gasteiger partial charge < -0.3 is 15.5 Å². The molecule has 0 rings (SSSR count). The van der Waals surface area contributed by atoms with Crippen LogP contribution in [0.15, 0.2) is 48.6 Å². The van der Waals surface area contributed by atoms with Gasteiger partial charge in [-0.25, -0.2) is 0 Å². The lowest BCUT2D eigenvalue weighted by atomic mass is 10.0. The maximum Gasteiger partial charge on any atom is 0.220 e. The fourth-order valence-electron chi connectivity index (χ4n) is 9.18. The van der Waals surface area contributed by atoms with E-state index in [2.05, 4.69) is 67.8 Å². The van der Waals surface area contributed by atoms with Crippen molar-refractivity contribution in [3.63, 3.8) is 0 Å². The van der Waals surface area contributed by atoms with Gasteiger partial charge >= 0.3 is 0 Å². The Morgan fingerprint density at radius 1 is 0.385 bits per heavy atom. The van der Waals surface area contributed by atoms with E-state index < -0.39 is 12.1 Å². The second kappa shape index (κ2) is 56.7. The summed E-state index contributed by atoms with van der Waals surface area (Å²) in [6.07, 6.45) is 78.5. The molecule has 0 saturated heterocycles. The molecular formula is C61H115NO3. The Morgan fingerprint density at radius 2 is 0.677 bits per heavy atom. The first-order chi connectivity index (χ1) is 32.2. The van der Waals surface area contributed by atoms with E-state index in [1.807, 2.05) is 0 Å². The van der Waals surface area contributed by atoms with E-state index in [9.17, 15) is 15.0 Å². The van der Waals surface area contributed by atoms with Crippen LogP contribution in [0.4, 0.5) is 0 Å². The van der Waals surface area contributed by atoms with Gasteiger partial charge in [0.2, 0.25) is 5.91 Å². The van der Waals surface area contributed by atoms with Crippen LogP contribution in [-0.4, -0.2) is 34.9 Å². The van der Waals surface area contributed by atoms with Crippen LogP contribution < -0.4 is 5.32 Å². The number of carbonyl (C=O) groups is 1. The lowest BCUT2D eigenvalue weighted by Gasteiger charge is -2.22. The first-order valence-electron chi connectivity index (χ1n) is 29.3. The summed E-state index contributed by atoms with van der Waals surface area (Å²) >= 11 is 0. The zero-order valence-electron chi connectivity index (χ0n) is 44.0. The Balaban J connectivity index is 3.34. The SMILES string of the molecule is CC/C=C\C/C=C\C/C=C\C/C=C\CCCCCCCCCCCCCCCCCCCCCCCCCCCCCCC(=O)NC(CO)C(O)CCCCCCCCCCCCCC. The Morgan fingerprint density at radius 3 is 1.02 bits per heavy atom. The van der Waals surface area contributed by atoms with Crippen LogP contribution >= 0.6 is 0 Å². The minimum absolute atomic E-state index is 0.0266. The van der Waals surface area contributed by atoms with Crippen molar-refractivity contribution >= 4 is 5.91 Å². The largest absolute Gasteiger partial charge is 0.394 e. The summed E-state index contributed by atoms with van der Waals surface area (Å²) in [5.74, 6) is -0.0266. The van der Waals surface area contributed by atoms with Crippen molar-refractivity contribution < 1.29 is 15.0 Å². The van der Waals surface area contributed by atoms with Gasteiger partial charge in [-0.1, -0.05) is 306 Å².